The van der Waals surface area contributed by atoms with Gasteiger partial charge in [-0.2, -0.15) is 0 Å². The summed E-state index contributed by atoms with van der Waals surface area (Å²) < 4.78 is 0. The van der Waals surface area contributed by atoms with E-state index < -0.39 is 6.04 Å². The minimum atomic E-state index is -0.464. The lowest BCUT2D eigenvalue weighted by Gasteiger charge is -2.30. The smallest absolute Gasteiger partial charge is 0.261 e. The number of hydrogen-bond donors (Lipinski definition) is 1. The van der Waals surface area contributed by atoms with Gasteiger partial charge in [0.25, 0.3) is 5.91 Å². The zero-order valence-electron chi connectivity index (χ0n) is 9.01. The van der Waals surface area contributed by atoms with Crippen molar-refractivity contribution in [1.29, 1.82) is 0 Å². The second-order valence-corrected chi connectivity index (χ2v) is 3.93. The molecule has 0 bridgehead atoms. The standard InChI is InChI=1S/C12H13NO3/c1-8(7-14)13-11(15)6-9-4-2-3-5-10(9)12(13)16/h2-5,8,14H,6-7H2,1H3/t8-/m1/s1. The zero-order valence-corrected chi connectivity index (χ0v) is 9.01. The van der Waals surface area contributed by atoms with Gasteiger partial charge in [-0.15, -0.1) is 0 Å². The van der Waals surface area contributed by atoms with Crippen LogP contribution in [0.25, 0.3) is 0 Å². The van der Waals surface area contributed by atoms with Gasteiger partial charge in [0.05, 0.1) is 19.1 Å². The highest BCUT2D eigenvalue weighted by molar-refractivity contribution is 6.09. The number of imide groups is 1. The number of aliphatic hydroxyl groups excluding tert-OH is 1. The van der Waals surface area contributed by atoms with Crippen LogP contribution in [0.3, 0.4) is 0 Å². The van der Waals surface area contributed by atoms with Gasteiger partial charge in [0, 0.05) is 5.56 Å². The van der Waals surface area contributed by atoms with Crippen molar-refractivity contribution in [2.75, 3.05) is 6.61 Å². The number of benzene rings is 1. The van der Waals surface area contributed by atoms with Crippen molar-refractivity contribution in [3.8, 4) is 0 Å². The van der Waals surface area contributed by atoms with Gasteiger partial charge in [0.15, 0.2) is 0 Å². The quantitative estimate of drug-likeness (QED) is 0.741. The molecule has 0 saturated heterocycles. The third-order valence-corrected chi connectivity index (χ3v) is 2.78. The second kappa shape index (κ2) is 4.06. The van der Waals surface area contributed by atoms with E-state index in [1.165, 1.54) is 0 Å². The van der Waals surface area contributed by atoms with Gasteiger partial charge in [-0.3, -0.25) is 14.5 Å². The Hall–Kier alpha value is -1.68. The topological polar surface area (TPSA) is 57.6 Å². The number of rotatable bonds is 2. The molecule has 0 saturated carbocycles. The molecule has 1 aliphatic heterocycles. The van der Waals surface area contributed by atoms with Gasteiger partial charge in [0.2, 0.25) is 5.91 Å². The molecule has 4 nitrogen and oxygen atoms in total. The predicted molar refractivity (Wildman–Crippen MR) is 57.9 cm³/mol. The number of amides is 2. The van der Waals surface area contributed by atoms with Gasteiger partial charge in [-0.05, 0) is 18.6 Å². The maximum Gasteiger partial charge on any atom is 0.261 e. The monoisotopic (exact) mass is 219 g/mol. The normalized spacial score (nSPS) is 17.2. The van der Waals surface area contributed by atoms with Crippen LogP contribution >= 0.6 is 0 Å². The first-order chi connectivity index (χ1) is 7.65. The molecule has 84 valence electrons. The number of fused-ring (bicyclic) bond motifs is 1. The summed E-state index contributed by atoms with van der Waals surface area (Å²) in [5.74, 6) is -0.557. The van der Waals surface area contributed by atoms with E-state index in [0.717, 1.165) is 10.5 Å². The van der Waals surface area contributed by atoms with E-state index in [9.17, 15) is 9.59 Å². The van der Waals surface area contributed by atoms with Crippen LogP contribution in [0.5, 0.6) is 0 Å². The molecule has 16 heavy (non-hydrogen) atoms. The van der Waals surface area contributed by atoms with Gasteiger partial charge in [-0.25, -0.2) is 0 Å². The van der Waals surface area contributed by atoms with Gasteiger partial charge >= 0.3 is 0 Å². The Morgan fingerprint density at radius 2 is 2.06 bits per heavy atom. The highest BCUT2D eigenvalue weighted by atomic mass is 16.3. The summed E-state index contributed by atoms with van der Waals surface area (Å²) in [5.41, 5.74) is 1.32. The largest absolute Gasteiger partial charge is 0.394 e. The van der Waals surface area contributed by atoms with Crippen LogP contribution in [0, 0.1) is 0 Å². The first-order valence-electron chi connectivity index (χ1n) is 5.20. The Labute approximate surface area is 93.5 Å². The van der Waals surface area contributed by atoms with E-state index in [4.69, 9.17) is 5.11 Å². The zero-order chi connectivity index (χ0) is 11.7. The van der Waals surface area contributed by atoms with Crippen molar-refractivity contribution in [3.05, 3.63) is 35.4 Å². The average Bonchev–Trinajstić information content (AvgIpc) is 2.28. The van der Waals surface area contributed by atoms with E-state index in [1.807, 2.05) is 6.07 Å². The van der Waals surface area contributed by atoms with Crippen LogP contribution in [-0.4, -0.2) is 34.5 Å². The van der Waals surface area contributed by atoms with Gasteiger partial charge < -0.3 is 5.11 Å². The summed E-state index contributed by atoms with van der Waals surface area (Å²) >= 11 is 0. The Morgan fingerprint density at radius 3 is 2.75 bits per heavy atom. The molecule has 0 aromatic heterocycles. The van der Waals surface area contributed by atoms with E-state index >= 15 is 0 Å². The summed E-state index contributed by atoms with van der Waals surface area (Å²) in [6.07, 6.45) is 0.228. The van der Waals surface area contributed by atoms with Crippen molar-refractivity contribution in [2.24, 2.45) is 0 Å². The second-order valence-electron chi connectivity index (χ2n) is 3.93. The van der Waals surface area contributed by atoms with Crippen LogP contribution < -0.4 is 0 Å². The fourth-order valence-corrected chi connectivity index (χ4v) is 1.90. The first-order valence-corrected chi connectivity index (χ1v) is 5.20. The third kappa shape index (κ3) is 1.61. The summed E-state index contributed by atoms with van der Waals surface area (Å²) in [6, 6.07) is 6.61. The van der Waals surface area contributed by atoms with Crippen molar-refractivity contribution >= 4 is 11.8 Å². The van der Waals surface area contributed by atoms with Crippen LogP contribution in [0.4, 0.5) is 0 Å². The lowest BCUT2D eigenvalue weighted by atomic mass is 9.97. The number of hydrogen-bond acceptors (Lipinski definition) is 3. The molecule has 1 aromatic carbocycles. The van der Waals surface area contributed by atoms with Gasteiger partial charge in [0.1, 0.15) is 0 Å². The SMILES string of the molecule is C[C@H](CO)N1C(=O)Cc2ccccc2C1=O. The van der Waals surface area contributed by atoms with Crippen molar-refractivity contribution < 1.29 is 14.7 Å². The van der Waals surface area contributed by atoms with E-state index in [2.05, 4.69) is 0 Å². The molecular weight excluding hydrogens is 206 g/mol. The number of nitrogens with zero attached hydrogens (tertiary/aromatic N) is 1. The number of carbonyl (C=O) groups is 2. The summed E-state index contributed by atoms with van der Waals surface area (Å²) in [7, 11) is 0. The Bertz CT molecular complexity index is 442. The summed E-state index contributed by atoms with van der Waals surface area (Å²) in [5, 5.41) is 9.02. The molecule has 2 amide bonds. The molecule has 0 fully saturated rings. The Kier molecular flexibility index (Phi) is 2.75. The maximum atomic E-state index is 12.0. The molecule has 1 atom stereocenters. The Balaban J connectivity index is 2.42. The number of aliphatic hydroxyl groups is 1. The molecule has 0 aliphatic carbocycles. The Morgan fingerprint density at radius 1 is 1.38 bits per heavy atom. The lowest BCUT2D eigenvalue weighted by molar-refractivity contribution is -0.130. The average molecular weight is 219 g/mol. The first kappa shape index (κ1) is 10.8. The highest BCUT2D eigenvalue weighted by Crippen LogP contribution is 2.21. The molecule has 2 rings (SSSR count). The van der Waals surface area contributed by atoms with Crippen LogP contribution in [-0.2, 0) is 11.2 Å². The van der Waals surface area contributed by atoms with Crippen molar-refractivity contribution in [3.63, 3.8) is 0 Å². The fourth-order valence-electron chi connectivity index (χ4n) is 1.90. The minimum absolute atomic E-state index is 0.209. The fraction of sp³-hybridized carbons (Fsp3) is 0.333. The lowest BCUT2D eigenvalue weighted by Crippen LogP contribution is -2.48. The molecule has 1 N–H and O–H groups in total. The maximum absolute atomic E-state index is 12.0. The molecular formula is C12H13NO3. The van der Waals surface area contributed by atoms with E-state index in [1.54, 1.807) is 25.1 Å². The van der Waals surface area contributed by atoms with Crippen LogP contribution in [0.15, 0.2) is 24.3 Å². The molecule has 0 spiro atoms. The summed E-state index contributed by atoms with van der Waals surface area (Å²) in [6.45, 7) is 1.45. The number of carbonyl (C=O) groups excluding carboxylic acids is 2. The molecule has 0 unspecified atom stereocenters. The molecule has 1 aromatic rings. The van der Waals surface area contributed by atoms with E-state index in [0.29, 0.717) is 5.56 Å². The van der Waals surface area contributed by atoms with Crippen LogP contribution in [0.1, 0.15) is 22.8 Å². The van der Waals surface area contributed by atoms with E-state index in [-0.39, 0.29) is 24.8 Å². The summed E-state index contributed by atoms with van der Waals surface area (Å²) in [4.78, 5) is 24.9. The van der Waals surface area contributed by atoms with Crippen LogP contribution in [0.2, 0.25) is 0 Å². The highest BCUT2D eigenvalue weighted by Gasteiger charge is 2.33. The molecule has 4 heteroatoms. The molecule has 1 heterocycles. The molecule has 0 radical (unpaired) electrons. The van der Waals surface area contributed by atoms with Crippen molar-refractivity contribution in [1.82, 2.24) is 4.90 Å². The van der Waals surface area contributed by atoms with Gasteiger partial charge in [-0.1, -0.05) is 18.2 Å². The minimum Gasteiger partial charge on any atom is -0.394 e. The molecule has 1 aliphatic rings. The third-order valence-electron chi connectivity index (χ3n) is 2.78. The van der Waals surface area contributed by atoms with Crippen molar-refractivity contribution in [2.45, 2.75) is 19.4 Å². The predicted octanol–water partition coefficient (Wildman–Crippen LogP) is 0.592.